The number of amides is 2. The van der Waals surface area contributed by atoms with Gasteiger partial charge in [0.15, 0.2) is 11.2 Å². The van der Waals surface area contributed by atoms with Gasteiger partial charge in [0, 0.05) is 17.5 Å². The first-order valence-corrected chi connectivity index (χ1v) is 10.2. The van der Waals surface area contributed by atoms with Crippen molar-refractivity contribution >= 4 is 41.0 Å². The first-order chi connectivity index (χ1) is 13.6. The third kappa shape index (κ3) is 4.46. The van der Waals surface area contributed by atoms with E-state index in [1.807, 2.05) is 42.5 Å². The van der Waals surface area contributed by atoms with E-state index >= 15 is 0 Å². The number of ether oxygens (including phenoxy) is 2. The molecule has 1 unspecified atom stereocenters. The second-order valence-corrected chi connectivity index (χ2v) is 7.40. The number of nitrogens with two attached hydrogens (primary N) is 1. The zero-order chi connectivity index (χ0) is 20.0. The van der Waals surface area contributed by atoms with Crippen molar-refractivity contribution < 1.29 is 14.3 Å². The normalized spacial score (nSPS) is 17.8. The number of urea groups is 1. The van der Waals surface area contributed by atoms with Crippen LogP contribution >= 0.6 is 23.8 Å². The van der Waals surface area contributed by atoms with Crippen molar-refractivity contribution in [1.29, 1.82) is 0 Å². The summed E-state index contributed by atoms with van der Waals surface area (Å²) in [7, 11) is 0. The minimum Gasteiger partial charge on any atom is -0.494 e. The molecule has 1 atom stereocenters. The number of thiocarbonyl (C=S) groups is 1. The molecule has 0 saturated carbocycles. The maximum Gasteiger partial charge on any atom is 0.424 e. The van der Waals surface area contributed by atoms with Crippen molar-refractivity contribution in [2.24, 2.45) is 5.73 Å². The predicted octanol–water partition coefficient (Wildman–Crippen LogP) is 4.87. The molecule has 2 aromatic carbocycles. The van der Waals surface area contributed by atoms with Crippen molar-refractivity contribution in [2.45, 2.75) is 25.7 Å². The smallest absolute Gasteiger partial charge is 0.424 e. The van der Waals surface area contributed by atoms with Gasteiger partial charge in [0.05, 0.1) is 18.8 Å². The number of primary amides is 1. The van der Waals surface area contributed by atoms with E-state index in [4.69, 9.17) is 39.0 Å². The number of nitrogens with zero attached hydrogens (tertiary/aromatic N) is 1. The molecule has 0 fully saturated rings. The summed E-state index contributed by atoms with van der Waals surface area (Å²) in [4.78, 5) is 11.9. The number of unbranched alkanes of at least 4 members (excludes halogenated alkanes) is 2. The van der Waals surface area contributed by atoms with E-state index in [0.29, 0.717) is 24.8 Å². The van der Waals surface area contributed by atoms with Crippen LogP contribution < -0.4 is 19.7 Å². The first-order valence-electron chi connectivity index (χ1n) is 9.34. The van der Waals surface area contributed by atoms with Gasteiger partial charge in [0.1, 0.15) is 18.0 Å². The molecular formula is C21H24ClN2O3S+. The quantitative estimate of drug-likeness (QED) is 0.358. The predicted molar refractivity (Wildman–Crippen MR) is 116 cm³/mol. The van der Waals surface area contributed by atoms with Gasteiger partial charge < -0.3 is 15.2 Å². The molecule has 0 spiro atoms. The largest absolute Gasteiger partial charge is 0.494 e. The van der Waals surface area contributed by atoms with Crippen LogP contribution in [-0.4, -0.2) is 31.3 Å². The minimum absolute atomic E-state index is 0.0933. The molecule has 7 heteroatoms. The Balaban J connectivity index is 1.44. The van der Waals surface area contributed by atoms with Gasteiger partial charge in [0.25, 0.3) is 0 Å². The summed E-state index contributed by atoms with van der Waals surface area (Å²) in [6.07, 6.45) is 3.60. The monoisotopic (exact) mass is 419 g/mol. The zero-order valence-electron chi connectivity index (χ0n) is 15.6. The van der Waals surface area contributed by atoms with Crippen molar-refractivity contribution in [2.75, 3.05) is 19.8 Å². The minimum atomic E-state index is -0.452. The molecule has 0 bridgehead atoms. The molecular weight excluding hydrogens is 396 g/mol. The molecule has 0 radical (unpaired) electrons. The Morgan fingerprint density at radius 2 is 1.82 bits per heavy atom. The van der Waals surface area contributed by atoms with Crippen LogP contribution in [-0.2, 0) is 6.42 Å². The van der Waals surface area contributed by atoms with Crippen molar-refractivity contribution in [3.8, 4) is 11.5 Å². The highest BCUT2D eigenvalue weighted by atomic mass is 35.5. The summed E-state index contributed by atoms with van der Waals surface area (Å²) in [5.74, 6) is 1.64. The Morgan fingerprint density at radius 1 is 1.11 bits per heavy atom. The van der Waals surface area contributed by atoms with E-state index in [9.17, 15) is 4.79 Å². The molecule has 5 nitrogen and oxygen atoms in total. The van der Waals surface area contributed by atoms with Gasteiger partial charge in [-0.05, 0) is 61.8 Å². The first kappa shape index (κ1) is 20.6. The lowest BCUT2D eigenvalue weighted by Crippen LogP contribution is -2.54. The van der Waals surface area contributed by atoms with Crippen LogP contribution in [0, 0.1) is 0 Å². The molecule has 1 aliphatic rings. The average Bonchev–Trinajstić information content (AvgIpc) is 3.09. The lowest BCUT2D eigenvalue weighted by Gasteiger charge is -2.23. The molecule has 0 aliphatic carbocycles. The molecule has 0 aromatic heterocycles. The van der Waals surface area contributed by atoms with Crippen molar-refractivity contribution in [1.82, 2.24) is 4.48 Å². The Hall–Kier alpha value is -2.15. The topological polar surface area (TPSA) is 61.6 Å². The Bertz CT molecular complexity index is 844. The van der Waals surface area contributed by atoms with Crippen LogP contribution in [0.1, 0.15) is 24.8 Å². The van der Waals surface area contributed by atoms with Crippen molar-refractivity contribution in [3.05, 3.63) is 53.1 Å². The Morgan fingerprint density at radius 3 is 2.50 bits per heavy atom. The number of hydrogen-bond donors (Lipinski definition) is 1. The van der Waals surface area contributed by atoms with Crippen LogP contribution in [0.2, 0.25) is 5.02 Å². The molecule has 148 valence electrons. The lowest BCUT2D eigenvalue weighted by atomic mass is 10.1. The fourth-order valence-corrected chi connectivity index (χ4v) is 3.85. The zero-order valence-corrected chi connectivity index (χ0v) is 17.2. The van der Waals surface area contributed by atoms with Gasteiger partial charge in [0.2, 0.25) is 0 Å². The summed E-state index contributed by atoms with van der Waals surface area (Å²) in [5.41, 5.74) is 8.90. The molecule has 1 aliphatic heterocycles. The number of carbonyl (C=O) groups excluding carboxylic acids is 1. The Labute approximate surface area is 175 Å². The van der Waals surface area contributed by atoms with Crippen LogP contribution in [0.5, 0.6) is 11.5 Å². The molecule has 28 heavy (non-hydrogen) atoms. The van der Waals surface area contributed by atoms with E-state index in [-0.39, 0.29) is 4.48 Å². The summed E-state index contributed by atoms with van der Waals surface area (Å²) in [6.45, 7) is 1.83. The molecule has 0 saturated heterocycles. The maximum atomic E-state index is 11.9. The van der Waals surface area contributed by atoms with E-state index in [1.165, 1.54) is 5.49 Å². The number of halogens is 1. The third-order valence-corrected chi connectivity index (χ3v) is 5.57. The fourth-order valence-electron chi connectivity index (χ4n) is 3.40. The number of benzene rings is 2. The second-order valence-electron chi connectivity index (χ2n) is 6.75. The van der Waals surface area contributed by atoms with E-state index in [1.54, 1.807) is 0 Å². The summed E-state index contributed by atoms with van der Waals surface area (Å²) >= 11 is 11.0. The van der Waals surface area contributed by atoms with E-state index in [2.05, 4.69) is 0 Å². The Kier molecular flexibility index (Phi) is 6.88. The number of quaternary nitrogens is 1. The van der Waals surface area contributed by atoms with Gasteiger partial charge >= 0.3 is 6.03 Å². The summed E-state index contributed by atoms with van der Waals surface area (Å²) < 4.78 is 11.6. The number of hydrogen-bond acceptors (Lipinski definition) is 4. The van der Waals surface area contributed by atoms with Gasteiger partial charge in [-0.1, -0.05) is 17.7 Å². The summed E-state index contributed by atoms with van der Waals surface area (Å²) in [5, 5.41) is 0.703. The molecule has 2 amide bonds. The van der Waals surface area contributed by atoms with E-state index in [0.717, 1.165) is 48.4 Å². The van der Waals surface area contributed by atoms with Gasteiger partial charge in [-0.15, -0.1) is 0 Å². The third-order valence-electron chi connectivity index (χ3n) is 4.95. The highest BCUT2D eigenvalue weighted by Crippen LogP contribution is 2.39. The number of carbonyl (C=O) groups is 1. The fraction of sp³-hybridized carbons (Fsp3) is 0.333. The highest BCUT2D eigenvalue weighted by molar-refractivity contribution is 7.79. The molecule has 2 N–H and O–H groups in total. The van der Waals surface area contributed by atoms with E-state index < -0.39 is 6.03 Å². The summed E-state index contributed by atoms with van der Waals surface area (Å²) in [6, 6.07) is 12.6. The molecule has 1 heterocycles. The number of fused-ring (bicyclic) bond motifs is 1. The molecule has 3 rings (SSSR count). The molecule has 2 aromatic rings. The number of rotatable bonds is 9. The van der Waals surface area contributed by atoms with Crippen LogP contribution in [0.4, 0.5) is 10.5 Å². The van der Waals surface area contributed by atoms with Crippen molar-refractivity contribution in [3.63, 3.8) is 0 Å². The lowest BCUT2D eigenvalue weighted by molar-refractivity contribution is 0.233. The van der Waals surface area contributed by atoms with Crippen LogP contribution in [0.25, 0.3) is 0 Å². The standard InChI is InChI=1S/C21H23ClN2O3S/c22-16-7-9-17(10-8-16)26-13-2-1-3-14-27-20-6-4-5-19-18(20)11-12-24(19,15-28)21(23)25/h4-10,15H,1-3,11-14H2,(H-,23,25)/p+1. The SMILES string of the molecule is NC(=O)[N+]1(C=S)CCc2c(OCCCCCOc3ccc(Cl)cc3)cccc21. The maximum absolute atomic E-state index is 11.9. The van der Waals surface area contributed by atoms with Gasteiger partial charge in [-0.25, -0.2) is 4.79 Å². The average molecular weight is 420 g/mol. The van der Waals surface area contributed by atoms with Gasteiger partial charge in [-0.3, -0.25) is 0 Å². The van der Waals surface area contributed by atoms with Crippen LogP contribution in [0.3, 0.4) is 0 Å². The highest BCUT2D eigenvalue weighted by Gasteiger charge is 2.44. The van der Waals surface area contributed by atoms with Gasteiger partial charge in [-0.2, -0.15) is 4.48 Å². The second kappa shape index (κ2) is 9.37. The van der Waals surface area contributed by atoms with Crippen LogP contribution in [0.15, 0.2) is 42.5 Å².